The summed E-state index contributed by atoms with van der Waals surface area (Å²) in [5, 5.41) is 3.45. The van der Waals surface area contributed by atoms with Gasteiger partial charge in [-0.2, -0.15) is 11.8 Å². The summed E-state index contributed by atoms with van der Waals surface area (Å²) in [6.45, 7) is 4.25. The molecule has 100 valence electrons. The number of hydrogen-bond acceptors (Lipinski definition) is 3. The van der Waals surface area contributed by atoms with Gasteiger partial charge < -0.3 is 10.2 Å². The van der Waals surface area contributed by atoms with Gasteiger partial charge in [0.05, 0.1) is 0 Å². The van der Waals surface area contributed by atoms with Gasteiger partial charge >= 0.3 is 0 Å². The molecule has 1 amide bonds. The summed E-state index contributed by atoms with van der Waals surface area (Å²) in [4.78, 5) is 14.1. The minimum atomic E-state index is 0. The van der Waals surface area contributed by atoms with Crippen LogP contribution >= 0.6 is 24.2 Å². The molecule has 2 aliphatic heterocycles. The maximum absolute atomic E-state index is 12.1. The fraction of sp³-hybridized carbons (Fsp3) is 0.917. The Hall–Kier alpha value is 0.0700. The molecular weight excluding hydrogens is 256 g/mol. The molecule has 0 aromatic carbocycles. The minimum Gasteiger partial charge on any atom is -0.338 e. The molecule has 17 heavy (non-hydrogen) atoms. The Morgan fingerprint density at radius 2 is 2.35 bits per heavy atom. The van der Waals surface area contributed by atoms with Crippen LogP contribution in [0.5, 0.6) is 0 Å². The lowest BCUT2D eigenvalue weighted by molar-refractivity contribution is -0.132. The highest BCUT2D eigenvalue weighted by molar-refractivity contribution is 7.99. The van der Waals surface area contributed by atoms with Gasteiger partial charge in [0.2, 0.25) is 5.91 Å². The van der Waals surface area contributed by atoms with Crippen molar-refractivity contribution in [1.29, 1.82) is 0 Å². The van der Waals surface area contributed by atoms with Crippen LogP contribution in [0, 0.1) is 0 Å². The fourth-order valence-corrected chi connectivity index (χ4v) is 3.56. The van der Waals surface area contributed by atoms with E-state index in [2.05, 4.69) is 17.1 Å². The van der Waals surface area contributed by atoms with E-state index in [0.717, 1.165) is 37.4 Å². The number of carbonyl (C=O) groups excluding carboxylic acids is 1. The average molecular weight is 279 g/mol. The summed E-state index contributed by atoms with van der Waals surface area (Å²) < 4.78 is 0. The SMILES string of the molecule is CC1CSCCN1C(=O)CCC1CCCN1.Cl. The van der Waals surface area contributed by atoms with Crippen molar-refractivity contribution in [2.75, 3.05) is 24.6 Å². The first-order chi connectivity index (χ1) is 7.77. The second-order valence-corrected chi connectivity index (χ2v) is 5.99. The third kappa shape index (κ3) is 4.34. The Labute approximate surface area is 114 Å². The molecule has 0 aromatic rings. The highest BCUT2D eigenvalue weighted by Gasteiger charge is 2.24. The van der Waals surface area contributed by atoms with Crippen LogP contribution in [0.25, 0.3) is 0 Å². The van der Waals surface area contributed by atoms with Crippen LogP contribution in [-0.4, -0.2) is 47.5 Å². The lowest BCUT2D eigenvalue weighted by Gasteiger charge is -2.33. The van der Waals surface area contributed by atoms with Gasteiger partial charge in [0, 0.05) is 36.6 Å². The summed E-state index contributed by atoms with van der Waals surface area (Å²) in [5.74, 6) is 2.58. The Morgan fingerprint density at radius 1 is 1.53 bits per heavy atom. The van der Waals surface area contributed by atoms with Crippen molar-refractivity contribution < 1.29 is 4.79 Å². The normalized spacial score (nSPS) is 28.9. The van der Waals surface area contributed by atoms with E-state index in [1.54, 1.807) is 0 Å². The van der Waals surface area contributed by atoms with Crippen LogP contribution in [0.4, 0.5) is 0 Å². The van der Waals surface area contributed by atoms with Crippen LogP contribution in [-0.2, 0) is 4.79 Å². The zero-order chi connectivity index (χ0) is 11.4. The first-order valence-electron chi connectivity index (χ1n) is 6.38. The van der Waals surface area contributed by atoms with E-state index in [-0.39, 0.29) is 12.4 Å². The van der Waals surface area contributed by atoms with Gasteiger partial charge in [-0.3, -0.25) is 4.79 Å². The van der Waals surface area contributed by atoms with Crippen LogP contribution < -0.4 is 5.32 Å². The molecule has 0 aliphatic carbocycles. The zero-order valence-corrected chi connectivity index (χ0v) is 12.1. The standard InChI is InChI=1S/C12H22N2OS.ClH/c1-10-9-16-8-7-14(10)12(15)5-4-11-3-2-6-13-11;/h10-11,13H,2-9H2,1H3;1H. The van der Waals surface area contributed by atoms with E-state index in [1.807, 2.05) is 11.8 Å². The Morgan fingerprint density at radius 3 is 3.00 bits per heavy atom. The molecule has 0 saturated carbocycles. The summed E-state index contributed by atoms with van der Waals surface area (Å²) in [5.41, 5.74) is 0. The molecule has 1 N–H and O–H groups in total. The molecule has 2 rings (SSSR count). The van der Waals surface area contributed by atoms with E-state index in [9.17, 15) is 4.79 Å². The Kier molecular flexibility index (Phi) is 6.67. The number of nitrogens with one attached hydrogen (secondary N) is 1. The number of amides is 1. The monoisotopic (exact) mass is 278 g/mol. The lowest BCUT2D eigenvalue weighted by Crippen LogP contribution is -2.44. The maximum Gasteiger partial charge on any atom is 0.222 e. The number of hydrogen-bond donors (Lipinski definition) is 1. The molecule has 2 unspecified atom stereocenters. The highest BCUT2D eigenvalue weighted by atomic mass is 35.5. The summed E-state index contributed by atoms with van der Waals surface area (Å²) in [6, 6.07) is 1.03. The summed E-state index contributed by atoms with van der Waals surface area (Å²) in [7, 11) is 0. The Bertz CT molecular complexity index is 247. The van der Waals surface area contributed by atoms with Crippen molar-refractivity contribution in [3.63, 3.8) is 0 Å². The van der Waals surface area contributed by atoms with Crippen LogP contribution in [0.3, 0.4) is 0 Å². The van der Waals surface area contributed by atoms with Gasteiger partial charge in [-0.15, -0.1) is 12.4 Å². The number of halogens is 1. The van der Waals surface area contributed by atoms with Gasteiger partial charge in [0.1, 0.15) is 0 Å². The van der Waals surface area contributed by atoms with Gasteiger partial charge in [0.25, 0.3) is 0 Å². The van der Waals surface area contributed by atoms with Gasteiger partial charge in [-0.25, -0.2) is 0 Å². The first-order valence-corrected chi connectivity index (χ1v) is 7.53. The molecule has 0 aromatic heterocycles. The van der Waals surface area contributed by atoms with E-state index >= 15 is 0 Å². The second kappa shape index (κ2) is 7.49. The summed E-state index contributed by atoms with van der Waals surface area (Å²) >= 11 is 1.96. The van der Waals surface area contributed by atoms with E-state index in [0.29, 0.717) is 18.0 Å². The molecule has 2 fully saturated rings. The molecule has 2 aliphatic rings. The molecule has 0 spiro atoms. The molecule has 2 heterocycles. The third-order valence-electron chi connectivity index (χ3n) is 3.56. The minimum absolute atomic E-state index is 0. The Balaban J connectivity index is 0.00000144. The molecule has 5 heteroatoms. The van der Waals surface area contributed by atoms with Crippen molar-refractivity contribution in [3.05, 3.63) is 0 Å². The highest BCUT2D eigenvalue weighted by Crippen LogP contribution is 2.18. The topological polar surface area (TPSA) is 32.3 Å². The van der Waals surface area contributed by atoms with Gasteiger partial charge in [0.15, 0.2) is 0 Å². The number of nitrogens with zero attached hydrogens (tertiary/aromatic N) is 1. The van der Waals surface area contributed by atoms with Crippen LogP contribution in [0.2, 0.25) is 0 Å². The fourth-order valence-electron chi connectivity index (χ4n) is 2.54. The van der Waals surface area contributed by atoms with Crippen molar-refractivity contribution in [3.8, 4) is 0 Å². The summed E-state index contributed by atoms with van der Waals surface area (Å²) in [6.07, 6.45) is 4.27. The van der Waals surface area contributed by atoms with Crippen molar-refractivity contribution in [2.45, 2.75) is 44.7 Å². The lowest BCUT2D eigenvalue weighted by atomic mass is 10.1. The van der Waals surface area contributed by atoms with Crippen molar-refractivity contribution >= 4 is 30.1 Å². The maximum atomic E-state index is 12.1. The molecular formula is C12H23ClN2OS. The van der Waals surface area contributed by atoms with Crippen LogP contribution in [0.1, 0.15) is 32.6 Å². The second-order valence-electron chi connectivity index (χ2n) is 4.84. The van der Waals surface area contributed by atoms with Crippen molar-refractivity contribution in [1.82, 2.24) is 10.2 Å². The largest absolute Gasteiger partial charge is 0.338 e. The predicted molar refractivity (Wildman–Crippen MR) is 76.0 cm³/mol. The number of carbonyl (C=O) groups is 1. The molecule has 0 bridgehead atoms. The van der Waals surface area contributed by atoms with E-state index in [4.69, 9.17) is 0 Å². The van der Waals surface area contributed by atoms with E-state index < -0.39 is 0 Å². The quantitative estimate of drug-likeness (QED) is 0.856. The molecule has 3 nitrogen and oxygen atoms in total. The van der Waals surface area contributed by atoms with E-state index in [1.165, 1.54) is 12.8 Å². The zero-order valence-electron chi connectivity index (χ0n) is 10.5. The first kappa shape index (κ1) is 15.1. The molecule has 0 radical (unpaired) electrons. The van der Waals surface area contributed by atoms with Gasteiger partial charge in [-0.1, -0.05) is 0 Å². The number of thioether (sulfide) groups is 1. The number of rotatable bonds is 3. The van der Waals surface area contributed by atoms with Crippen molar-refractivity contribution in [2.24, 2.45) is 0 Å². The third-order valence-corrected chi connectivity index (χ3v) is 4.75. The predicted octanol–water partition coefficient (Wildman–Crippen LogP) is 1.90. The van der Waals surface area contributed by atoms with Crippen LogP contribution in [0.15, 0.2) is 0 Å². The molecule has 2 atom stereocenters. The smallest absolute Gasteiger partial charge is 0.222 e. The molecule has 2 saturated heterocycles. The average Bonchev–Trinajstić information content (AvgIpc) is 2.79. The van der Waals surface area contributed by atoms with Gasteiger partial charge in [-0.05, 0) is 32.7 Å².